The van der Waals surface area contributed by atoms with E-state index in [0.717, 1.165) is 28.4 Å². The number of carbonyl (C=O) groups excluding carboxylic acids is 1. The van der Waals surface area contributed by atoms with E-state index in [1.807, 2.05) is 27.7 Å². The zero-order valence-corrected chi connectivity index (χ0v) is 13.4. The summed E-state index contributed by atoms with van der Waals surface area (Å²) < 4.78 is 6.67. The third-order valence-corrected chi connectivity index (χ3v) is 3.93. The highest BCUT2D eigenvalue weighted by Crippen LogP contribution is 2.12. The summed E-state index contributed by atoms with van der Waals surface area (Å²) in [5.41, 5.74) is 3.43. The molecular formula is C15H22N4O3. The number of rotatable bonds is 6. The molecule has 0 aliphatic carbocycles. The topological polar surface area (TPSA) is 92.9 Å². The number of aromatic amines is 1. The molecule has 2 aromatic rings. The number of amides is 1. The Balaban J connectivity index is 1.80. The van der Waals surface area contributed by atoms with Gasteiger partial charge in [0.05, 0.1) is 5.69 Å². The maximum atomic E-state index is 11.9. The van der Waals surface area contributed by atoms with E-state index >= 15 is 0 Å². The lowest BCUT2D eigenvalue weighted by atomic mass is 10.1. The zero-order valence-electron chi connectivity index (χ0n) is 13.4. The largest absolute Gasteiger partial charge is 0.361 e. The number of aromatic nitrogens is 3. The Morgan fingerprint density at radius 2 is 2.05 bits per heavy atom. The van der Waals surface area contributed by atoms with Crippen molar-refractivity contribution in [3.05, 3.63) is 38.9 Å². The fraction of sp³-hybridized carbons (Fsp3) is 0.533. The summed E-state index contributed by atoms with van der Waals surface area (Å²) in [5, 5.41) is 6.74. The second-order valence-electron chi connectivity index (χ2n) is 5.44. The smallest absolute Gasteiger partial charge is 0.325 e. The molecule has 2 N–H and O–H groups in total. The first kappa shape index (κ1) is 16.1. The van der Waals surface area contributed by atoms with Gasteiger partial charge in [0.25, 0.3) is 0 Å². The van der Waals surface area contributed by atoms with E-state index in [1.54, 1.807) is 4.57 Å². The molecule has 2 heterocycles. The molecule has 0 aromatic carbocycles. The quantitative estimate of drug-likeness (QED) is 0.837. The van der Waals surface area contributed by atoms with Crippen molar-refractivity contribution in [2.75, 3.05) is 6.54 Å². The van der Waals surface area contributed by atoms with Crippen LogP contribution in [0, 0.1) is 27.7 Å². The average Bonchev–Trinajstić information content (AvgIpc) is 2.90. The summed E-state index contributed by atoms with van der Waals surface area (Å²) in [6.07, 6.45) is 0.967. The van der Waals surface area contributed by atoms with Crippen LogP contribution in [0.4, 0.5) is 0 Å². The van der Waals surface area contributed by atoms with Crippen molar-refractivity contribution in [2.45, 2.75) is 47.1 Å². The van der Waals surface area contributed by atoms with Gasteiger partial charge in [0.1, 0.15) is 5.76 Å². The molecule has 0 radical (unpaired) electrons. The summed E-state index contributed by atoms with van der Waals surface area (Å²) in [4.78, 5) is 26.3. The van der Waals surface area contributed by atoms with Crippen LogP contribution in [0.25, 0.3) is 0 Å². The van der Waals surface area contributed by atoms with Crippen LogP contribution in [-0.4, -0.2) is 27.2 Å². The van der Waals surface area contributed by atoms with Gasteiger partial charge in [0.2, 0.25) is 5.91 Å². The number of imidazole rings is 1. The van der Waals surface area contributed by atoms with Crippen LogP contribution >= 0.6 is 0 Å². The Hall–Kier alpha value is -2.31. The van der Waals surface area contributed by atoms with Crippen molar-refractivity contribution < 1.29 is 9.32 Å². The van der Waals surface area contributed by atoms with E-state index in [0.29, 0.717) is 19.5 Å². The van der Waals surface area contributed by atoms with Gasteiger partial charge in [-0.15, -0.1) is 0 Å². The van der Waals surface area contributed by atoms with Gasteiger partial charge in [0.15, 0.2) is 0 Å². The monoisotopic (exact) mass is 306 g/mol. The highest BCUT2D eigenvalue weighted by atomic mass is 16.5. The van der Waals surface area contributed by atoms with Crippen molar-refractivity contribution in [1.82, 2.24) is 20.0 Å². The van der Waals surface area contributed by atoms with Crippen molar-refractivity contribution in [1.29, 1.82) is 0 Å². The number of hydrogen-bond donors (Lipinski definition) is 2. The first-order chi connectivity index (χ1) is 10.4. The van der Waals surface area contributed by atoms with Crippen LogP contribution in [0.5, 0.6) is 0 Å². The lowest BCUT2D eigenvalue weighted by molar-refractivity contribution is -0.121. The number of hydrogen-bond acceptors (Lipinski definition) is 4. The molecule has 22 heavy (non-hydrogen) atoms. The minimum atomic E-state index is -0.168. The number of nitrogens with zero attached hydrogens (tertiary/aromatic N) is 2. The van der Waals surface area contributed by atoms with Crippen molar-refractivity contribution >= 4 is 5.91 Å². The predicted molar refractivity (Wildman–Crippen MR) is 81.8 cm³/mol. The third kappa shape index (κ3) is 3.47. The molecule has 0 spiro atoms. The van der Waals surface area contributed by atoms with Crippen molar-refractivity contribution in [3.63, 3.8) is 0 Å². The van der Waals surface area contributed by atoms with Gasteiger partial charge in [-0.25, -0.2) is 4.79 Å². The fourth-order valence-corrected chi connectivity index (χ4v) is 2.43. The van der Waals surface area contributed by atoms with Gasteiger partial charge in [-0.05, 0) is 34.1 Å². The van der Waals surface area contributed by atoms with Crippen LogP contribution in [0.2, 0.25) is 0 Å². The SMILES string of the molecule is Cc1noc(C)c1CCNC(=O)CCn1c(C)c(C)[nH]c1=O. The van der Waals surface area contributed by atoms with Gasteiger partial charge >= 0.3 is 5.69 Å². The molecule has 0 saturated heterocycles. The van der Waals surface area contributed by atoms with Crippen LogP contribution in [-0.2, 0) is 17.8 Å². The lowest BCUT2D eigenvalue weighted by Gasteiger charge is -2.06. The summed E-state index contributed by atoms with van der Waals surface area (Å²) in [5.74, 6) is 0.716. The molecule has 1 amide bonds. The van der Waals surface area contributed by atoms with Crippen molar-refractivity contribution in [3.8, 4) is 0 Å². The molecule has 0 fully saturated rings. The molecule has 0 unspecified atom stereocenters. The van der Waals surface area contributed by atoms with Gasteiger partial charge in [-0.2, -0.15) is 0 Å². The van der Waals surface area contributed by atoms with Crippen LogP contribution < -0.4 is 11.0 Å². The van der Waals surface area contributed by atoms with E-state index in [4.69, 9.17) is 4.52 Å². The van der Waals surface area contributed by atoms with Gasteiger partial charge in [0, 0.05) is 36.5 Å². The summed E-state index contributed by atoms with van der Waals surface area (Å²) in [7, 11) is 0. The highest BCUT2D eigenvalue weighted by Gasteiger charge is 2.11. The maximum absolute atomic E-state index is 11.9. The van der Waals surface area contributed by atoms with Crippen LogP contribution in [0.3, 0.4) is 0 Å². The number of aryl methyl sites for hydroxylation is 3. The Morgan fingerprint density at radius 3 is 2.59 bits per heavy atom. The van der Waals surface area contributed by atoms with E-state index < -0.39 is 0 Å². The lowest BCUT2D eigenvalue weighted by Crippen LogP contribution is -2.28. The first-order valence-electron chi connectivity index (χ1n) is 7.34. The Kier molecular flexibility index (Phi) is 4.85. The Morgan fingerprint density at radius 1 is 1.32 bits per heavy atom. The summed E-state index contributed by atoms with van der Waals surface area (Å²) in [6, 6.07) is 0. The van der Waals surface area contributed by atoms with Gasteiger partial charge < -0.3 is 14.8 Å². The standard InChI is InChI=1S/C15H22N4O3/c1-9-11(3)19(15(21)17-9)8-6-14(20)16-7-5-13-10(2)18-22-12(13)4/h5-8H2,1-4H3,(H,16,20)(H,17,21). The minimum Gasteiger partial charge on any atom is -0.361 e. The summed E-state index contributed by atoms with van der Waals surface area (Å²) in [6.45, 7) is 8.37. The summed E-state index contributed by atoms with van der Waals surface area (Å²) >= 11 is 0. The predicted octanol–water partition coefficient (Wildman–Crippen LogP) is 1.15. The van der Waals surface area contributed by atoms with Crippen molar-refractivity contribution in [2.24, 2.45) is 0 Å². The Labute approximate surface area is 128 Å². The van der Waals surface area contributed by atoms with E-state index in [-0.39, 0.29) is 18.0 Å². The second-order valence-corrected chi connectivity index (χ2v) is 5.44. The molecule has 2 rings (SSSR count). The molecule has 0 bridgehead atoms. The van der Waals surface area contributed by atoms with Crippen LogP contribution in [0.1, 0.15) is 34.8 Å². The Bertz CT molecular complexity index is 704. The molecular weight excluding hydrogens is 284 g/mol. The normalized spacial score (nSPS) is 10.9. The van der Waals surface area contributed by atoms with E-state index in [2.05, 4.69) is 15.5 Å². The molecule has 2 aromatic heterocycles. The molecule has 7 nitrogen and oxygen atoms in total. The number of carbonyl (C=O) groups is 1. The average molecular weight is 306 g/mol. The zero-order chi connectivity index (χ0) is 16.3. The van der Waals surface area contributed by atoms with E-state index in [9.17, 15) is 9.59 Å². The van der Waals surface area contributed by atoms with Gasteiger partial charge in [-0.1, -0.05) is 5.16 Å². The highest BCUT2D eigenvalue weighted by molar-refractivity contribution is 5.75. The number of H-pyrrole nitrogens is 1. The van der Waals surface area contributed by atoms with Crippen LogP contribution in [0.15, 0.2) is 9.32 Å². The maximum Gasteiger partial charge on any atom is 0.325 e. The number of nitrogens with one attached hydrogen (secondary N) is 2. The molecule has 0 saturated carbocycles. The first-order valence-corrected chi connectivity index (χ1v) is 7.34. The minimum absolute atomic E-state index is 0.0723. The fourth-order valence-electron chi connectivity index (χ4n) is 2.43. The second kappa shape index (κ2) is 6.64. The van der Waals surface area contributed by atoms with Gasteiger partial charge in [-0.3, -0.25) is 9.36 Å². The molecule has 7 heteroatoms. The third-order valence-electron chi connectivity index (χ3n) is 3.93. The molecule has 0 atom stereocenters. The molecule has 0 aliphatic heterocycles. The molecule has 120 valence electrons. The van der Waals surface area contributed by atoms with E-state index in [1.165, 1.54) is 0 Å². The molecule has 0 aliphatic rings.